The topological polar surface area (TPSA) is 58.1 Å². The SMILES string of the molecule is CCc1ccccc1Nc1ncc(C(=O)N(CC)CC)cn1. The van der Waals surface area contributed by atoms with E-state index in [-0.39, 0.29) is 5.91 Å². The number of nitrogens with one attached hydrogen (secondary N) is 1. The minimum atomic E-state index is -0.0366. The first-order valence-corrected chi connectivity index (χ1v) is 7.65. The molecule has 5 nitrogen and oxygen atoms in total. The van der Waals surface area contributed by atoms with Gasteiger partial charge in [-0.25, -0.2) is 9.97 Å². The van der Waals surface area contributed by atoms with Gasteiger partial charge in [0.1, 0.15) is 0 Å². The molecule has 0 aliphatic heterocycles. The molecule has 0 saturated carbocycles. The highest BCUT2D eigenvalue weighted by atomic mass is 16.2. The van der Waals surface area contributed by atoms with E-state index < -0.39 is 0 Å². The Hall–Kier alpha value is -2.43. The van der Waals surface area contributed by atoms with Crippen LogP contribution in [-0.4, -0.2) is 33.9 Å². The van der Waals surface area contributed by atoms with Crippen molar-refractivity contribution in [2.75, 3.05) is 18.4 Å². The van der Waals surface area contributed by atoms with E-state index >= 15 is 0 Å². The number of nitrogens with zero attached hydrogens (tertiary/aromatic N) is 3. The van der Waals surface area contributed by atoms with Crippen molar-refractivity contribution in [2.45, 2.75) is 27.2 Å². The second kappa shape index (κ2) is 7.54. The summed E-state index contributed by atoms with van der Waals surface area (Å²) in [5.41, 5.74) is 2.71. The normalized spacial score (nSPS) is 10.3. The number of hydrogen-bond acceptors (Lipinski definition) is 4. The number of anilines is 2. The number of rotatable bonds is 6. The summed E-state index contributed by atoms with van der Waals surface area (Å²) in [5, 5.41) is 3.20. The van der Waals surface area contributed by atoms with Crippen LogP contribution in [0.3, 0.4) is 0 Å². The molecular weight excluding hydrogens is 276 g/mol. The molecule has 0 unspecified atom stereocenters. The Morgan fingerprint density at radius 3 is 2.32 bits per heavy atom. The molecule has 0 spiro atoms. The molecule has 0 aliphatic carbocycles. The van der Waals surface area contributed by atoms with Gasteiger partial charge in [-0.05, 0) is 31.9 Å². The van der Waals surface area contributed by atoms with Crippen LogP contribution in [0.25, 0.3) is 0 Å². The lowest BCUT2D eigenvalue weighted by Crippen LogP contribution is -2.30. The quantitative estimate of drug-likeness (QED) is 0.889. The molecule has 5 heteroatoms. The number of carbonyl (C=O) groups is 1. The van der Waals surface area contributed by atoms with Crippen molar-refractivity contribution in [1.82, 2.24) is 14.9 Å². The standard InChI is InChI=1S/C17H22N4O/c1-4-13-9-7-8-10-15(13)20-17-18-11-14(12-19-17)16(22)21(5-2)6-3/h7-12H,4-6H2,1-3H3,(H,18,19,20). The zero-order chi connectivity index (χ0) is 15.9. The van der Waals surface area contributed by atoms with Crippen molar-refractivity contribution in [1.29, 1.82) is 0 Å². The third kappa shape index (κ3) is 3.61. The molecule has 22 heavy (non-hydrogen) atoms. The summed E-state index contributed by atoms with van der Waals surface area (Å²) in [6.45, 7) is 7.38. The van der Waals surface area contributed by atoms with Crippen molar-refractivity contribution in [3.05, 3.63) is 47.8 Å². The molecule has 1 amide bonds. The molecule has 0 atom stereocenters. The lowest BCUT2D eigenvalue weighted by atomic mass is 10.1. The van der Waals surface area contributed by atoms with Crippen molar-refractivity contribution < 1.29 is 4.79 Å². The number of amides is 1. The van der Waals surface area contributed by atoms with E-state index in [1.807, 2.05) is 32.0 Å². The first-order valence-electron chi connectivity index (χ1n) is 7.65. The van der Waals surface area contributed by atoms with Gasteiger partial charge in [-0.2, -0.15) is 0 Å². The van der Waals surface area contributed by atoms with Crippen molar-refractivity contribution in [2.24, 2.45) is 0 Å². The molecule has 2 rings (SSSR count). The summed E-state index contributed by atoms with van der Waals surface area (Å²) in [6.07, 6.45) is 4.08. The molecule has 2 aromatic rings. The van der Waals surface area contributed by atoms with Crippen LogP contribution in [0.1, 0.15) is 36.7 Å². The second-order valence-corrected chi connectivity index (χ2v) is 4.91. The molecule has 0 aliphatic rings. The summed E-state index contributed by atoms with van der Waals surface area (Å²) >= 11 is 0. The molecule has 1 aromatic heterocycles. The summed E-state index contributed by atoms with van der Waals surface area (Å²) in [7, 11) is 0. The fourth-order valence-corrected chi connectivity index (χ4v) is 2.27. The Bertz CT molecular complexity index is 621. The van der Waals surface area contributed by atoms with Crippen molar-refractivity contribution in [3.63, 3.8) is 0 Å². The maximum absolute atomic E-state index is 12.2. The molecule has 0 saturated heterocycles. The van der Waals surface area contributed by atoms with E-state index in [0.717, 1.165) is 12.1 Å². The molecule has 116 valence electrons. The van der Waals surface area contributed by atoms with Crippen LogP contribution in [0.15, 0.2) is 36.7 Å². The smallest absolute Gasteiger partial charge is 0.256 e. The number of aromatic nitrogens is 2. The Balaban J connectivity index is 2.14. The maximum Gasteiger partial charge on any atom is 0.256 e. The van der Waals surface area contributed by atoms with Gasteiger partial charge in [0.05, 0.1) is 5.56 Å². The summed E-state index contributed by atoms with van der Waals surface area (Å²) in [4.78, 5) is 22.5. The number of benzene rings is 1. The van der Waals surface area contributed by atoms with Gasteiger partial charge < -0.3 is 10.2 Å². The highest BCUT2D eigenvalue weighted by Gasteiger charge is 2.13. The molecule has 0 radical (unpaired) electrons. The van der Waals surface area contributed by atoms with Gasteiger partial charge in [0.15, 0.2) is 0 Å². The minimum absolute atomic E-state index is 0.0366. The van der Waals surface area contributed by atoms with Crippen molar-refractivity contribution >= 4 is 17.5 Å². The molecule has 0 bridgehead atoms. The number of aryl methyl sites for hydroxylation is 1. The molecule has 1 heterocycles. The maximum atomic E-state index is 12.2. The Morgan fingerprint density at radius 2 is 1.73 bits per heavy atom. The van der Waals surface area contributed by atoms with E-state index in [2.05, 4.69) is 28.3 Å². The molecule has 0 fully saturated rings. The first kappa shape index (κ1) is 15.9. The Morgan fingerprint density at radius 1 is 1.09 bits per heavy atom. The molecule has 1 aromatic carbocycles. The summed E-state index contributed by atoms with van der Waals surface area (Å²) in [6, 6.07) is 8.05. The third-order valence-corrected chi connectivity index (χ3v) is 3.59. The van der Waals surface area contributed by atoms with Crippen molar-refractivity contribution in [3.8, 4) is 0 Å². The van der Waals surface area contributed by atoms with Crippen LogP contribution in [0.2, 0.25) is 0 Å². The van der Waals surface area contributed by atoms with Gasteiger partial charge in [-0.3, -0.25) is 4.79 Å². The monoisotopic (exact) mass is 298 g/mol. The van der Waals surface area contributed by atoms with E-state index in [1.54, 1.807) is 17.3 Å². The highest BCUT2D eigenvalue weighted by molar-refractivity contribution is 5.93. The zero-order valence-corrected chi connectivity index (χ0v) is 13.3. The van der Waals surface area contributed by atoms with E-state index in [0.29, 0.717) is 24.6 Å². The summed E-state index contributed by atoms with van der Waals surface area (Å²) in [5.74, 6) is 0.461. The third-order valence-electron chi connectivity index (χ3n) is 3.59. The molecule has 1 N–H and O–H groups in total. The van der Waals surface area contributed by atoms with Gasteiger partial charge in [-0.15, -0.1) is 0 Å². The largest absolute Gasteiger partial charge is 0.339 e. The zero-order valence-electron chi connectivity index (χ0n) is 13.3. The first-order chi connectivity index (χ1) is 10.7. The van der Waals surface area contributed by atoms with E-state index in [1.165, 1.54) is 5.56 Å². The number of hydrogen-bond donors (Lipinski definition) is 1. The second-order valence-electron chi connectivity index (χ2n) is 4.91. The fraction of sp³-hybridized carbons (Fsp3) is 0.353. The average Bonchev–Trinajstić information content (AvgIpc) is 2.57. The highest BCUT2D eigenvalue weighted by Crippen LogP contribution is 2.18. The Labute approximate surface area is 131 Å². The Kier molecular flexibility index (Phi) is 5.47. The van der Waals surface area contributed by atoms with Gasteiger partial charge >= 0.3 is 0 Å². The summed E-state index contributed by atoms with van der Waals surface area (Å²) < 4.78 is 0. The lowest BCUT2D eigenvalue weighted by molar-refractivity contribution is 0.0772. The fourth-order valence-electron chi connectivity index (χ4n) is 2.27. The van der Waals surface area contributed by atoms with Crippen LogP contribution >= 0.6 is 0 Å². The minimum Gasteiger partial charge on any atom is -0.339 e. The lowest BCUT2D eigenvalue weighted by Gasteiger charge is -2.18. The number of para-hydroxylation sites is 1. The van der Waals surface area contributed by atoms with Crippen LogP contribution in [0, 0.1) is 0 Å². The van der Waals surface area contributed by atoms with E-state index in [9.17, 15) is 4.79 Å². The van der Waals surface area contributed by atoms with Gasteiger partial charge in [-0.1, -0.05) is 25.1 Å². The molecular formula is C17H22N4O. The van der Waals surface area contributed by atoms with Crippen LogP contribution in [0.5, 0.6) is 0 Å². The van der Waals surface area contributed by atoms with Crippen LogP contribution in [-0.2, 0) is 6.42 Å². The predicted octanol–water partition coefficient (Wildman–Crippen LogP) is 3.26. The van der Waals surface area contributed by atoms with E-state index in [4.69, 9.17) is 0 Å². The number of carbonyl (C=O) groups excluding carboxylic acids is 1. The van der Waals surface area contributed by atoms with Gasteiger partial charge in [0, 0.05) is 31.2 Å². The average molecular weight is 298 g/mol. The van der Waals surface area contributed by atoms with Crippen LogP contribution < -0.4 is 5.32 Å². The van der Waals surface area contributed by atoms with Crippen LogP contribution in [0.4, 0.5) is 11.6 Å². The van der Waals surface area contributed by atoms with Gasteiger partial charge in [0.25, 0.3) is 5.91 Å². The predicted molar refractivity (Wildman–Crippen MR) is 88.4 cm³/mol. The van der Waals surface area contributed by atoms with Gasteiger partial charge in [0.2, 0.25) is 5.95 Å².